The van der Waals surface area contributed by atoms with E-state index in [0.29, 0.717) is 6.04 Å². The molecule has 17 heavy (non-hydrogen) atoms. The summed E-state index contributed by atoms with van der Waals surface area (Å²) in [6.07, 6.45) is 9.15. The Bertz CT molecular complexity index is 327. The van der Waals surface area contributed by atoms with Gasteiger partial charge in [-0.05, 0) is 36.5 Å². The Hall–Kier alpha value is -0.530. The fraction of sp³-hybridized carbons (Fsp3) is 0.600. The van der Waals surface area contributed by atoms with Gasteiger partial charge in [-0.2, -0.15) is 0 Å². The van der Waals surface area contributed by atoms with Crippen LogP contribution in [0.5, 0.6) is 0 Å². The third kappa shape index (κ3) is 4.33. The summed E-state index contributed by atoms with van der Waals surface area (Å²) < 4.78 is 0. The summed E-state index contributed by atoms with van der Waals surface area (Å²) in [6.45, 7) is 0. The van der Waals surface area contributed by atoms with Gasteiger partial charge in [0.1, 0.15) is 0 Å². The first kappa shape index (κ1) is 12.9. The molecule has 0 aromatic heterocycles. The lowest BCUT2D eigenvalue weighted by Crippen LogP contribution is -2.27. The molecule has 1 aromatic rings. The van der Waals surface area contributed by atoms with Gasteiger partial charge in [-0.25, -0.2) is 0 Å². The second kappa shape index (κ2) is 6.42. The van der Waals surface area contributed by atoms with Crippen LogP contribution < -0.4 is 5.73 Å². The van der Waals surface area contributed by atoms with Crippen LogP contribution in [-0.2, 0) is 6.42 Å². The van der Waals surface area contributed by atoms with Crippen molar-refractivity contribution in [1.29, 1.82) is 0 Å². The van der Waals surface area contributed by atoms with Crippen LogP contribution in [0, 0.1) is 5.92 Å². The Labute approximate surface area is 109 Å². The Morgan fingerprint density at radius 2 is 1.76 bits per heavy atom. The predicted molar refractivity (Wildman–Crippen MR) is 74.3 cm³/mol. The van der Waals surface area contributed by atoms with Crippen molar-refractivity contribution in [2.24, 2.45) is 11.7 Å². The Morgan fingerprint density at radius 3 is 2.41 bits per heavy atom. The fourth-order valence-corrected chi connectivity index (χ4v) is 2.98. The third-order valence-electron chi connectivity index (χ3n) is 3.77. The minimum Gasteiger partial charge on any atom is -0.327 e. The Balaban J connectivity index is 1.79. The Kier molecular flexibility index (Phi) is 4.87. The van der Waals surface area contributed by atoms with E-state index in [0.717, 1.165) is 17.4 Å². The molecule has 0 radical (unpaired) electrons. The molecule has 0 amide bonds. The molecule has 1 fully saturated rings. The van der Waals surface area contributed by atoms with E-state index >= 15 is 0 Å². The van der Waals surface area contributed by atoms with E-state index in [1.54, 1.807) is 0 Å². The van der Waals surface area contributed by atoms with Crippen LogP contribution in [0.3, 0.4) is 0 Å². The van der Waals surface area contributed by atoms with Gasteiger partial charge in [0.25, 0.3) is 0 Å². The highest BCUT2D eigenvalue weighted by molar-refractivity contribution is 6.30. The zero-order valence-electron chi connectivity index (χ0n) is 10.4. The molecule has 2 N–H and O–H groups in total. The van der Waals surface area contributed by atoms with Crippen LogP contribution in [-0.4, -0.2) is 6.04 Å². The maximum atomic E-state index is 6.24. The molecule has 2 heteroatoms. The maximum absolute atomic E-state index is 6.24. The molecule has 1 aromatic carbocycles. The molecule has 1 unspecified atom stereocenters. The summed E-state index contributed by atoms with van der Waals surface area (Å²) in [6, 6.07) is 8.37. The van der Waals surface area contributed by atoms with Crippen LogP contribution in [0.15, 0.2) is 24.3 Å². The van der Waals surface area contributed by atoms with Gasteiger partial charge in [-0.15, -0.1) is 0 Å². The van der Waals surface area contributed by atoms with Crippen molar-refractivity contribution in [3.63, 3.8) is 0 Å². The summed E-state index contributed by atoms with van der Waals surface area (Å²) in [5, 5.41) is 0.801. The highest BCUT2D eigenvalue weighted by Gasteiger charge is 2.16. The van der Waals surface area contributed by atoms with Crippen LogP contribution in [0.25, 0.3) is 0 Å². The number of halogens is 1. The number of nitrogens with two attached hydrogens (primary N) is 1. The number of hydrogen-bond acceptors (Lipinski definition) is 1. The van der Waals surface area contributed by atoms with Crippen molar-refractivity contribution in [2.45, 2.75) is 51.0 Å². The molecule has 94 valence electrons. The largest absolute Gasteiger partial charge is 0.327 e. The average Bonchev–Trinajstić information content (AvgIpc) is 2.33. The van der Waals surface area contributed by atoms with Gasteiger partial charge in [-0.1, -0.05) is 55.8 Å². The molecular weight excluding hydrogens is 230 g/mol. The second-order valence-electron chi connectivity index (χ2n) is 5.33. The molecule has 0 aliphatic heterocycles. The van der Waals surface area contributed by atoms with Gasteiger partial charge in [0.2, 0.25) is 0 Å². The minimum absolute atomic E-state index is 0.305. The monoisotopic (exact) mass is 251 g/mol. The maximum Gasteiger partial charge on any atom is 0.0406 e. The summed E-state index contributed by atoms with van der Waals surface area (Å²) in [5.41, 5.74) is 7.55. The van der Waals surface area contributed by atoms with Gasteiger partial charge < -0.3 is 5.73 Å². The van der Waals surface area contributed by atoms with Crippen molar-refractivity contribution >= 4 is 11.6 Å². The first-order valence-corrected chi connectivity index (χ1v) is 7.12. The highest BCUT2D eigenvalue weighted by Crippen LogP contribution is 2.27. The van der Waals surface area contributed by atoms with Crippen LogP contribution >= 0.6 is 11.6 Å². The zero-order valence-corrected chi connectivity index (χ0v) is 11.1. The molecule has 2 rings (SSSR count). The Morgan fingerprint density at radius 1 is 1.12 bits per heavy atom. The van der Waals surface area contributed by atoms with Crippen molar-refractivity contribution < 1.29 is 0 Å². The molecule has 0 spiro atoms. The molecule has 0 saturated heterocycles. The lowest BCUT2D eigenvalue weighted by atomic mass is 9.84. The first-order chi connectivity index (χ1) is 8.24. The third-order valence-corrected chi connectivity index (χ3v) is 4.02. The summed E-state index contributed by atoms with van der Waals surface area (Å²) in [4.78, 5) is 0. The minimum atomic E-state index is 0.305. The predicted octanol–water partition coefficient (Wildman–Crippen LogP) is 4.18. The number of rotatable bonds is 4. The van der Waals surface area contributed by atoms with E-state index in [1.807, 2.05) is 12.1 Å². The normalized spacial score (nSPS) is 19.2. The molecule has 0 bridgehead atoms. The summed E-state index contributed by atoms with van der Waals surface area (Å²) in [5.74, 6) is 0.867. The van der Waals surface area contributed by atoms with Crippen LogP contribution in [0.1, 0.15) is 44.1 Å². The lowest BCUT2D eigenvalue weighted by Gasteiger charge is -2.24. The topological polar surface area (TPSA) is 26.0 Å². The van der Waals surface area contributed by atoms with Gasteiger partial charge >= 0.3 is 0 Å². The molecule has 1 saturated carbocycles. The lowest BCUT2D eigenvalue weighted by molar-refractivity contribution is 0.317. The second-order valence-corrected chi connectivity index (χ2v) is 5.77. The standard InChI is InChI=1S/C15H22ClN/c16-14-8-6-13(7-9-14)11-15(17)10-12-4-2-1-3-5-12/h6-9,12,15H,1-5,10-11,17H2. The molecular formula is C15H22ClN. The van der Waals surface area contributed by atoms with Crippen molar-refractivity contribution in [3.8, 4) is 0 Å². The van der Waals surface area contributed by atoms with Gasteiger partial charge in [0.05, 0.1) is 0 Å². The van der Waals surface area contributed by atoms with E-state index in [2.05, 4.69) is 12.1 Å². The molecule has 1 aliphatic carbocycles. The van der Waals surface area contributed by atoms with E-state index < -0.39 is 0 Å². The zero-order chi connectivity index (χ0) is 12.1. The van der Waals surface area contributed by atoms with E-state index in [1.165, 1.54) is 44.1 Å². The average molecular weight is 252 g/mol. The van der Waals surface area contributed by atoms with Gasteiger partial charge in [0, 0.05) is 11.1 Å². The number of benzene rings is 1. The van der Waals surface area contributed by atoms with E-state index in [4.69, 9.17) is 17.3 Å². The summed E-state index contributed by atoms with van der Waals surface area (Å²) in [7, 11) is 0. The molecule has 1 atom stereocenters. The first-order valence-electron chi connectivity index (χ1n) is 6.74. The van der Waals surface area contributed by atoms with Gasteiger partial charge in [-0.3, -0.25) is 0 Å². The van der Waals surface area contributed by atoms with Crippen molar-refractivity contribution in [3.05, 3.63) is 34.9 Å². The van der Waals surface area contributed by atoms with E-state index in [9.17, 15) is 0 Å². The van der Waals surface area contributed by atoms with Crippen molar-refractivity contribution in [1.82, 2.24) is 0 Å². The smallest absolute Gasteiger partial charge is 0.0406 e. The van der Waals surface area contributed by atoms with E-state index in [-0.39, 0.29) is 0 Å². The van der Waals surface area contributed by atoms with Crippen LogP contribution in [0.2, 0.25) is 5.02 Å². The molecule has 0 heterocycles. The number of hydrogen-bond donors (Lipinski definition) is 1. The fourth-order valence-electron chi connectivity index (χ4n) is 2.86. The highest BCUT2D eigenvalue weighted by atomic mass is 35.5. The molecule has 1 nitrogen and oxygen atoms in total. The van der Waals surface area contributed by atoms with Crippen molar-refractivity contribution in [2.75, 3.05) is 0 Å². The van der Waals surface area contributed by atoms with Crippen LogP contribution in [0.4, 0.5) is 0 Å². The quantitative estimate of drug-likeness (QED) is 0.854. The summed E-state index contributed by atoms with van der Waals surface area (Å²) >= 11 is 5.87. The molecule has 1 aliphatic rings. The van der Waals surface area contributed by atoms with Gasteiger partial charge in [0.15, 0.2) is 0 Å². The SMILES string of the molecule is NC(Cc1ccc(Cl)cc1)CC1CCCCC1.